The average Bonchev–Trinajstić information content (AvgIpc) is 2.21. The number of likely N-dealkylation sites (N-methyl/N-ethyl adjacent to an activating group) is 2. The van der Waals surface area contributed by atoms with Gasteiger partial charge in [-0.3, -0.25) is 15.0 Å². The van der Waals surface area contributed by atoms with Crippen molar-refractivity contribution in [3.8, 4) is 0 Å². The minimum atomic E-state index is -0.280. The predicted molar refractivity (Wildman–Crippen MR) is 57.6 cm³/mol. The second kappa shape index (κ2) is 5.34. The Bertz CT molecular complexity index is 245. The normalized spacial score (nSPS) is 29.8. The SMILES string of the molecule is CNC(C=O)C1NCCC(C(C)=O)N1C. The molecule has 1 saturated heterocycles. The van der Waals surface area contributed by atoms with Gasteiger partial charge in [-0.15, -0.1) is 0 Å². The first-order chi connectivity index (χ1) is 7.11. The van der Waals surface area contributed by atoms with E-state index in [4.69, 9.17) is 0 Å². The first kappa shape index (κ1) is 12.3. The van der Waals surface area contributed by atoms with E-state index in [0.29, 0.717) is 0 Å². The third kappa shape index (κ3) is 2.62. The van der Waals surface area contributed by atoms with Crippen LogP contribution < -0.4 is 10.6 Å². The van der Waals surface area contributed by atoms with Crippen LogP contribution in [0, 0.1) is 0 Å². The molecule has 0 aromatic heterocycles. The summed E-state index contributed by atoms with van der Waals surface area (Å²) in [6.07, 6.45) is 1.57. The van der Waals surface area contributed by atoms with E-state index in [0.717, 1.165) is 19.3 Å². The van der Waals surface area contributed by atoms with Crippen LogP contribution in [0.15, 0.2) is 0 Å². The number of rotatable bonds is 4. The lowest BCUT2D eigenvalue weighted by Gasteiger charge is -2.41. The van der Waals surface area contributed by atoms with Crippen LogP contribution in [-0.2, 0) is 9.59 Å². The summed E-state index contributed by atoms with van der Waals surface area (Å²) in [5.41, 5.74) is 0. The van der Waals surface area contributed by atoms with Crippen molar-refractivity contribution in [2.24, 2.45) is 0 Å². The van der Waals surface area contributed by atoms with E-state index in [9.17, 15) is 9.59 Å². The third-order valence-corrected chi connectivity index (χ3v) is 2.99. The van der Waals surface area contributed by atoms with Gasteiger partial charge in [0, 0.05) is 0 Å². The molecule has 3 atom stereocenters. The van der Waals surface area contributed by atoms with Crippen LogP contribution in [0.25, 0.3) is 0 Å². The number of carbonyl (C=O) groups is 2. The number of Topliss-reactive ketones (excluding diaryl/α,β-unsaturated/α-hetero) is 1. The first-order valence-electron chi connectivity index (χ1n) is 5.20. The minimum absolute atomic E-state index is 0.0768. The van der Waals surface area contributed by atoms with Crippen molar-refractivity contribution in [3.63, 3.8) is 0 Å². The molecule has 0 saturated carbocycles. The molecule has 1 aliphatic heterocycles. The fourth-order valence-electron chi connectivity index (χ4n) is 2.08. The molecule has 5 nitrogen and oxygen atoms in total. The van der Waals surface area contributed by atoms with Gasteiger partial charge in [0.25, 0.3) is 0 Å². The van der Waals surface area contributed by atoms with Crippen LogP contribution in [0.5, 0.6) is 0 Å². The lowest BCUT2D eigenvalue weighted by atomic mass is 10.0. The number of nitrogens with zero attached hydrogens (tertiary/aromatic N) is 1. The Labute approximate surface area is 90.2 Å². The van der Waals surface area contributed by atoms with Crippen LogP contribution in [0.3, 0.4) is 0 Å². The molecule has 0 spiro atoms. The molecule has 5 heteroatoms. The zero-order valence-electron chi connectivity index (χ0n) is 9.49. The summed E-state index contributed by atoms with van der Waals surface area (Å²) in [4.78, 5) is 24.2. The second-order valence-electron chi connectivity index (χ2n) is 3.93. The first-order valence-corrected chi connectivity index (χ1v) is 5.20. The Balaban J connectivity index is 2.73. The molecule has 0 radical (unpaired) electrons. The van der Waals surface area contributed by atoms with E-state index in [1.165, 1.54) is 0 Å². The summed E-state index contributed by atoms with van der Waals surface area (Å²) in [5, 5.41) is 6.16. The van der Waals surface area contributed by atoms with E-state index >= 15 is 0 Å². The van der Waals surface area contributed by atoms with Crippen molar-refractivity contribution in [3.05, 3.63) is 0 Å². The smallest absolute Gasteiger partial charge is 0.146 e. The summed E-state index contributed by atoms with van der Waals surface area (Å²) in [6, 6.07) is -0.357. The Morgan fingerprint density at radius 2 is 2.33 bits per heavy atom. The minimum Gasteiger partial charge on any atom is -0.308 e. The molecular weight excluding hydrogens is 194 g/mol. The fraction of sp³-hybridized carbons (Fsp3) is 0.800. The maximum atomic E-state index is 11.4. The molecule has 3 unspecified atom stereocenters. The standard InChI is InChI=1S/C10H19N3O2/c1-7(15)9-4-5-12-10(13(9)3)8(6-14)11-2/h6,8-12H,4-5H2,1-3H3. The number of ketones is 1. The van der Waals surface area contributed by atoms with Crippen molar-refractivity contribution < 1.29 is 9.59 Å². The summed E-state index contributed by atoms with van der Waals surface area (Å²) < 4.78 is 0. The van der Waals surface area contributed by atoms with Gasteiger partial charge in [0.1, 0.15) is 12.1 Å². The largest absolute Gasteiger partial charge is 0.308 e. The number of aldehydes is 1. The topological polar surface area (TPSA) is 61.4 Å². The van der Waals surface area contributed by atoms with Gasteiger partial charge in [-0.1, -0.05) is 0 Å². The highest BCUT2D eigenvalue weighted by molar-refractivity contribution is 5.81. The molecule has 1 rings (SSSR count). The molecule has 86 valence electrons. The Kier molecular flexibility index (Phi) is 4.38. The molecule has 0 bridgehead atoms. The number of carbonyl (C=O) groups excluding carboxylic acids is 2. The molecule has 0 amide bonds. The maximum Gasteiger partial charge on any atom is 0.146 e. The van der Waals surface area contributed by atoms with Crippen LogP contribution in [0.1, 0.15) is 13.3 Å². The monoisotopic (exact) mass is 213 g/mol. The molecule has 1 fully saturated rings. The Morgan fingerprint density at radius 3 is 2.80 bits per heavy atom. The molecule has 0 aliphatic carbocycles. The Morgan fingerprint density at radius 1 is 1.67 bits per heavy atom. The van der Waals surface area contributed by atoms with Crippen LogP contribution in [0.4, 0.5) is 0 Å². The van der Waals surface area contributed by atoms with Crippen LogP contribution in [-0.4, -0.2) is 55.9 Å². The van der Waals surface area contributed by atoms with Crippen molar-refractivity contribution in [2.45, 2.75) is 31.6 Å². The van der Waals surface area contributed by atoms with Gasteiger partial charge in [-0.25, -0.2) is 0 Å². The van der Waals surface area contributed by atoms with E-state index < -0.39 is 0 Å². The van der Waals surface area contributed by atoms with Crippen molar-refractivity contribution in [2.75, 3.05) is 20.6 Å². The third-order valence-electron chi connectivity index (χ3n) is 2.99. The van der Waals surface area contributed by atoms with Gasteiger partial charge in [0.05, 0.1) is 18.2 Å². The molecule has 0 aromatic carbocycles. The molecule has 0 aromatic rings. The van der Waals surface area contributed by atoms with Gasteiger partial charge in [-0.2, -0.15) is 0 Å². The maximum absolute atomic E-state index is 11.4. The summed E-state index contributed by atoms with van der Waals surface area (Å²) >= 11 is 0. The average molecular weight is 213 g/mol. The Hall–Kier alpha value is -0.780. The zero-order valence-corrected chi connectivity index (χ0v) is 9.49. The van der Waals surface area contributed by atoms with E-state index in [2.05, 4.69) is 10.6 Å². The van der Waals surface area contributed by atoms with E-state index in [1.807, 2.05) is 11.9 Å². The van der Waals surface area contributed by atoms with Gasteiger partial charge >= 0.3 is 0 Å². The molecule has 2 N–H and O–H groups in total. The van der Waals surface area contributed by atoms with Crippen molar-refractivity contribution in [1.82, 2.24) is 15.5 Å². The van der Waals surface area contributed by atoms with Crippen molar-refractivity contribution in [1.29, 1.82) is 0 Å². The molecule has 1 heterocycles. The zero-order chi connectivity index (χ0) is 11.4. The van der Waals surface area contributed by atoms with Gasteiger partial charge in [0.15, 0.2) is 0 Å². The fourth-order valence-corrected chi connectivity index (χ4v) is 2.08. The lowest BCUT2D eigenvalue weighted by molar-refractivity contribution is -0.125. The van der Waals surface area contributed by atoms with Gasteiger partial charge < -0.3 is 10.1 Å². The number of hydrogen-bond donors (Lipinski definition) is 2. The highest BCUT2D eigenvalue weighted by atomic mass is 16.1. The van der Waals surface area contributed by atoms with Crippen LogP contribution >= 0.6 is 0 Å². The molecular formula is C10H19N3O2. The highest BCUT2D eigenvalue weighted by Gasteiger charge is 2.33. The van der Waals surface area contributed by atoms with Crippen molar-refractivity contribution >= 4 is 12.1 Å². The lowest BCUT2D eigenvalue weighted by Crippen LogP contribution is -2.64. The van der Waals surface area contributed by atoms with E-state index in [-0.39, 0.29) is 24.0 Å². The summed E-state index contributed by atoms with van der Waals surface area (Å²) in [5.74, 6) is 0.157. The summed E-state index contributed by atoms with van der Waals surface area (Å²) in [7, 11) is 3.61. The number of hydrogen-bond acceptors (Lipinski definition) is 5. The summed E-state index contributed by atoms with van der Waals surface area (Å²) in [6.45, 7) is 2.37. The van der Waals surface area contributed by atoms with Gasteiger partial charge in [-0.05, 0) is 34.0 Å². The van der Waals surface area contributed by atoms with Crippen LogP contribution in [0.2, 0.25) is 0 Å². The second-order valence-corrected chi connectivity index (χ2v) is 3.93. The molecule has 15 heavy (non-hydrogen) atoms. The predicted octanol–water partition coefficient (Wildman–Crippen LogP) is -1.02. The number of nitrogens with one attached hydrogen (secondary N) is 2. The molecule has 1 aliphatic rings. The highest BCUT2D eigenvalue weighted by Crippen LogP contribution is 2.13. The van der Waals surface area contributed by atoms with Gasteiger partial charge in [0.2, 0.25) is 0 Å². The quantitative estimate of drug-likeness (QED) is 0.585. The van der Waals surface area contributed by atoms with E-state index in [1.54, 1.807) is 14.0 Å².